The van der Waals surface area contributed by atoms with E-state index in [1.807, 2.05) is 12.1 Å². The van der Waals surface area contributed by atoms with Crippen LogP contribution in [0.3, 0.4) is 0 Å². The van der Waals surface area contributed by atoms with Crippen molar-refractivity contribution < 1.29 is 8.42 Å². The van der Waals surface area contributed by atoms with Crippen LogP contribution in [-0.4, -0.2) is 23.6 Å². The van der Waals surface area contributed by atoms with Crippen molar-refractivity contribution in [3.8, 4) is 0 Å². The maximum atomic E-state index is 12.2. The minimum absolute atomic E-state index is 0.119. The van der Waals surface area contributed by atoms with Gasteiger partial charge >= 0.3 is 0 Å². The average molecular weight is 382 g/mol. The fourth-order valence-corrected chi connectivity index (χ4v) is 4.29. The summed E-state index contributed by atoms with van der Waals surface area (Å²) in [6.45, 7) is 0.543. The summed E-state index contributed by atoms with van der Waals surface area (Å²) < 4.78 is 27.2. The maximum Gasteiger partial charge on any atom is 0.272 e. The molecule has 124 valence electrons. The average Bonchev–Trinajstić information content (AvgIpc) is 3.02. The Balaban J connectivity index is 1.64. The van der Waals surface area contributed by atoms with Crippen molar-refractivity contribution in [2.45, 2.75) is 10.8 Å². The summed E-state index contributed by atoms with van der Waals surface area (Å²) in [7, 11) is -3.71. The van der Waals surface area contributed by atoms with Crippen molar-refractivity contribution in [3.05, 3.63) is 58.7 Å². The van der Waals surface area contributed by atoms with Gasteiger partial charge in [-0.3, -0.25) is 9.71 Å². The van der Waals surface area contributed by atoms with Crippen LogP contribution in [0.4, 0.5) is 11.6 Å². The molecular weight excluding hydrogens is 370 g/mol. The lowest BCUT2D eigenvalue weighted by Gasteiger charge is -2.07. The number of thiophene rings is 1. The number of halogens is 1. The lowest BCUT2D eigenvalue weighted by Crippen LogP contribution is -2.13. The Morgan fingerprint density at radius 1 is 1.08 bits per heavy atom. The molecule has 0 spiro atoms. The van der Waals surface area contributed by atoms with E-state index in [9.17, 15) is 8.42 Å². The molecule has 3 aromatic rings. The summed E-state index contributed by atoms with van der Waals surface area (Å²) in [5.41, 5.74) is 0.999. The normalized spacial score (nSPS) is 11.2. The van der Waals surface area contributed by atoms with Crippen LogP contribution in [0.1, 0.15) is 5.56 Å². The third kappa shape index (κ3) is 4.19. The van der Waals surface area contributed by atoms with Gasteiger partial charge in [-0.2, -0.15) is 0 Å². The predicted octanol–water partition coefficient (Wildman–Crippen LogP) is 3.00. The highest BCUT2D eigenvalue weighted by Gasteiger charge is 2.17. The van der Waals surface area contributed by atoms with Crippen molar-refractivity contribution in [1.82, 2.24) is 15.2 Å². The monoisotopic (exact) mass is 381 g/mol. The Morgan fingerprint density at radius 3 is 2.50 bits per heavy atom. The fraction of sp³-hybridized carbons (Fsp3) is 0.0714. The minimum Gasteiger partial charge on any atom is -0.364 e. The second-order valence-corrected chi connectivity index (χ2v) is 8.31. The molecule has 0 fully saturated rings. The topological polar surface area (TPSA) is 96.9 Å². The molecule has 0 atom stereocenters. The van der Waals surface area contributed by atoms with E-state index in [1.165, 1.54) is 18.2 Å². The molecule has 3 rings (SSSR count). The molecule has 0 aliphatic rings. The highest BCUT2D eigenvalue weighted by molar-refractivity contribution is 7.94. The van der Waals surface area contributed by atoms with Crippen molar-refractivity contribution in [3.63, 3.8) is 0 Å². The zero-order valence-corrected chi connectivity index (χ0v) is 14.6. The van der Waals surface area contributed by atoms with Crippen LogP contribution in [0, 0.1) is 0 Å². The van der Waals surface area contributed by atoms with E-state index in [-0.39, 0.29) is 10.0 Å². The van der Waals surface area contributed by atoms with Gasteiger partial charge in [-0.05, 0) is 35.9 Å². The van der Waals surface area contributed by atoms with Gasteiger partial charge in [-0.15, -0.1) is 21.5 Å². The van der Waals surface area contributed by atoms with Gasteiger partial charge in [-0.1, -0.05) is 17.7 Å². The molecule has 0 amide bonds. The van der Waals surface area contributed by atoms with Crippen LogP contribution in [0.5, 0.6) is 0 Å². The Bertz CT molecular complexity index is 914. The van der Waals surface area contributed by atoms with Gasteiger partial charge in [0.05, 0.1) is 4.34 Å². The zero-order chi connectivity index (χ0) is 17.0. The number of sulfonamides is 1. The Labute approximate surface area is 147 Å². The molecule has 0 aliphatic heterocycles. The Hall–Kier alpha value is -2.23. The van der Waals surface area contributed by atoms with E-state index < -0.39 is 10.0 Å². The summed E-state index contributed by atoms with van der Waals surface area (Å²) in [4.78, 5) is 4.02. The van der Waals surface area contributed by atoms with Crippen molar-refractivity contribution in [2.75, 3.05) is 10.0 Å². The molecule has 3 aromatic heterocycles. The van der Waals surface area contributed by atoms with Gasteiger partial charge in [0.2, 0.25) is 0 Å². The molecule has 10 heteroatoms. The van der Waals surface area contributed by atoms with Crippen LogP contribution < -0.4 is 10.0 Å². The van der Waals surface area contributed by atoms with Gasteiger partial charge in [0.25, 0.3) is 10.0 Å². The van der Waals surface area contributed by atoms with E-state index in [1.54, 1.807) is 18.5 Å². The number of hydrogen-bond acceptors (Lipinski definition) is 7. The molecule has 0 saturated carbocycles. The first-order valence-electron chi connectivity index (χ1n) is 6.77. The first-order valence-corrected chi connectivity index (χ1v) is 9.45. The Kier molecular flexibility index (Phi) is 4.93. The first-order chi connectivity index (χ1) is 11.5. The number of nitrogens with zero attached hydrogens (tertiary/aromatic N) is 3. The van der Waals surface area contributed by atoms with Gasteiger partial charge < -0.3 is 5.32 Å². The third-order valence-corrected chi connectivity index (χ3v) is 5.99. The van der Waals surface area contributed by atoms with Gasteiger partial charge in [0.15, 0.2) is 5.82 Å². The summed E-state index contributed by atoms with van der Waals surface area (Å²) in [6.07, 6.45) is 3.44. The van der Waals surface area contributed by atoms with Crippen molar-refractivity contribution >= 4 is 44.6 Å². The van der Waals surface area contributed by atoms with E-state index >= 15 is 0 Å². The van der Waals surface area contributed by atoms with Crippen LogP contribution in [-0.2, 0) is 16.6 Å². The molecule has 3 heterocycles. The SMILES string of the molecule is O=S(=O)(Nc1ccc(NCc2cccnc2)nn1)c1ccc(Cl)s1. The number of anilines is 2. The molecule has 2 N–H and O–H groups in total. The van der Waals surface area contributed by atoms with Crippen molar-refractivity contribution in [1.29, 1.82) is 0 Å². The lowest BCUT2D eigenvalue weighted by molar-refractivity contribution is 0.603. The zero-order valence-electron chi connectivity index (χ0n) is 12.2. The van der Waals surface area contributed by atoms with Crippen LogP contribution in [0.2, 0.25) is 4.34 Å². The second kappa shape index (κ2) is 7.12. The number of nitrogens with one attached hydrogen (secondary N) is 2. The van der Waals surface area contributed by atoms with Gasteiger partial charge in [0, 0.05) is 18.9 Å². The third-order valence-electron chi connectivity index (χ3n) is 2.91. The maximum absolute atomic E-state index is 12.2. The molecule has 0 aromatic carbocycles. The van der Waals surface area contributed by atoms with E-state index in [2.05, 4.69) is 25.2 Å². The smallest absolute Gasteiger partial charge is 0.272 e. The standard InChI is InChI=1S/C14H12ClN5O2S2/c15-11-3-6-14(23-11)24(21,22)20-13-5-4-12(18-19-13)17-9-10-2-1-7-16-8-10/h1-8H,9H2,(H,17,18)(H,19,20). The summed E-state index contributed by atoms with van der Waals surface area (Å²) in [5.74, 6) is 0.660. The van der Waals surface area contributed by atoms with Crippen LogP contribution in [0.25, 0.3) is 0 Å². The number of aromatic nitrogens is 3. The first kappa shape index (κ1) is 16.6. The fourth-order valence-electron chi connectivity index (χ4n) is 1.81. The van der Waals surface area contributed by atoms with Gasteiger partial charge in [0.1, 0.15) is 10.0 Å². The lowest BCUT2D eigenvalue weighted by atomic mass is 10.3. The largest absolute Gasteiger partial charge is 0.364 e. The predicted molar refractivity (Wildman–Crippen MR) is 93.7 cm³/mol. The molecule has 0 unspecified atom stereocenters. The number of rotatable bonds is 6. The molecular formula is C14H12ClN5O2S2. The molecule has 0 aliphatic carbocycles. The summed E-state index contributed by atoms with van der Waals surface area (Å²) in [5, 5.41) is 10.9. The molecule has 7 nitrogen and oxygen atoms in total. The van der Waals surface area contributed by atoms with E-state index in [4.69, 9.17) is 11.6 Å². The van der Waals surface area contributed by atoms with Crippen LogP contribution >= 0.6 is 22.9 Å². The molecule has 0 radical (unpaired) electrons. The molecule has 0 saturated heterocycles. The Morgan fingerprint density at radius 2 is 1.88 bits per heavy atom. The van der Waals surface area contributed by atoms with Crippen LogP contribution in [0.15, 0.2) is 53.0 Å². The van der Waals surface area contributed by atoms with Gasteiger partial charge in [-0.25, -0.2) is 8.42 Å². The molecule has 24 heavy (non-hydrogen) atoms. The minimum atomic E-state index is -3.71. The quantitative estimate of drug-likeness (QED) is 0.681. The highest BCUT2D eigenvalue weighted by Crippen LogP contribution is 2.26. The molecule has 0 bridgehead atoms. The van der Waals surface area contributed by atoms with Crippen molar-refractivity contribution in [2.24, 2.45) is 0 Å². The number of hydrogen-bond donors (Lipinski definition) is 2. The second-order valence-electron chi connectivity index (χ2n) is 4.68. The van der Waals surface area contributed by atoms with E-state index in [0.717, 1.165) is 16.9 Å². The summed E-state index contributed by atoms with van der Waals surface area (Å²) in [6, 6.07) is 9.91. The number of pyridine rings is 1. The highest BCUT2D eigenvalue weighted by atomic mass is 35.5. The summed E-state index contributed by atoms with van der Waals surface area (Å²) >= 11 is 6.73. The van der Waals surface area contributed by atoms with E-state index in [0.29, 0.717) is 16.7 Å².